The molecular weight excluding hydrogens is 172 g/mol. The molecule has 1 aliphatic rings. The van der Waals surface area contributed by atoms with Crippen LogP contribution in [-0.4, -0.2) is 43.0 Å². The lowest BCUT2D eigenvalue weighted by Gasteiger charge is -2.34. The first-order chi connectivity index (χ1) is 6.74. The monoisotopic (exact) mass is 192 g/mol. The molecular formula is C12H20N2. The minimum Gasteiger partial charge on any atom is -0.369 e. The van der Waals surface area contributed by atoms with Gasteiger partial charge in [0.15, 0.2) is 0 Å². The van der Waals surface area contributed by atoms with E-state index in [-0.39, 0.29) is 0 Å². The summed E-state index contributed by atoms with van der Waals surface area (Å²) in [6, 6.07) is 0. The van der Waals surface area contributed by atoms with Crippen molar-refractivity contribution in [1.29, 1.82) is 0 Å². The predicted octanol–water partition coefficient (Wildman–Crippen LogP) is 1.88. The van der Waals surface area contributed by atoms with Crippen molar-refractivity contribution in [3.05, 3.63) is 36.6 Å². The normalized spacial score (nSPS) is 19.7. The highest BCUT2D eigenvalue weighted by Crippen LogP contribution is 2.07. The first-order valence-electron chi connectivity index (χ1n) is 5.16. The smallest absolute Gasteiger partial charge is 0.0306 e. The van der Waals surface area contributed by atoms with Crippen LogP contribution in [0.2, 0.25) is 0 Å². The Balaban J connectivity index is 2.38. The summed E-state index contributed by atoms with van der Waals surface area (Å²) < 4.78 is 0. The largest absolute Gasteiger partial charge is 0.369 e. The summed E-state index contributed by atoms with van der Waals surface area (Å²) in [4.78, 5) is 4.68. The number of rotatable bonds is 3. The maximum absolute atomic E-state index is 4.06. The van der Waals surface area contributed by atoms with E-state index in [4.69, 9.17) is 0 Å². The Kier molecular flexibility index (Phi) is 4.47. The topological polar surface area (TPSA) is 6.48 Å². The summed E-state index contributed by atoms with van der Waals surface area (Å²) in [6.45, 7) is 10.5. The molecule has 0 saturated carbocycles. The van der Waals surface area contributed by atoms with Crippen molar-refractivity contribution in [2.75, 3.05) is 33.2 Å². The van der Waals surface area contributed by atoms with E-state index in [9.17, 15) is 0 Å². The predicted molar refractivity (Wildman–Crippen MR) is 62.2 cm³/mol. The molecule has 2 heteroatoms. The summed E-state index contributed by atoms with van der Waals surface area (Å²) in [6.07, 6.45) is 8.17. The molecule has 1 heterocycles. The summed E-state index contributed by atoms with van der Waals surface area (Å²) >= 11 is 0. The second kappa shape index (κ2) is 5.66. The summed E-state index contributed by atoms with van der Waals surface area (Å²) in [7, 11) is 2.16. The Hall–Kier alpha value is -1.02. The van der Waals surface area contributed by atoms with Gasteiger partial charge < -0.3 is 9.80 Å². The Bertz CT molecular complexity index is 233. The van der Waals surface area contributed by atoms with Gasteiger partial charge in [-0.05, 0) is 20.0 Å². The second-order valence-electron chi connectivity index (χ2n) is 3.67. The van der Waals surface area contributed by atoms with E-state index in [1.54, 1.807) is 0 Å². The average Bonchev–Trinajstić information content (AvgIpc) is 2.19. The fraction of sp³-hybridized carbons (Fsp3) is 0.500. The van der Waals surface area contributed by atoms with E-state index in [0.29, 0.717) is 0 Å². The van der Waals surface area contributed by atoms with Crippen molar-refractivity contribution >= 4 is 0 Å². The van der Waals surface area contributed by atoms with Gasteiger partial charge in [0.1, 0.15) is 0 Å². The molecule has 0 aromatic heterocycles. The minimum atomic E-state index is 1.09. The van der Waals surface area contributed by atoms with Crippen molar-refractivity contribution in [2.45, 2.75) is 6.92 Å². The lowest BCUT2D eigenvalue weighted by atomic mass is 10.3. The molecule has 78 valence electrons. The average molecular weight is 192 g/mol. The Morgan fingerprint density at radius 3 is 2.36 bits per heavy atom. The molecule has 0 radical (unpaired) electrons. The maximum Gasteiger partial charge on any atom is 0.0306 e. The Morgan fingerprint density at radius 1 is 1.14 bits per heavy atom. The highest BCUT2D eigenvalue weighted by Gasteiger charge is 2.12. The third kappa shape index (κ3) is 3.38. The van der Waals surface area contributed by atoms with Crippen molar-refractivity contribution in [1.82, 2.24) is 9.80 Å². The van der Waals surface area contributed by atoms with Gasteiger partial charge in [0.25, 0.3) is 0 Å². The molecule has 0 aromatic carbocycles. The van der Waals surface area contributed by atoms with Gasteiger partial charge in [-0.2, -0.15) is 0 Å². The number of hydrogen-bond donors (Lipinski definition) is 0. The van der Waals surface area contributed by atoms with Crippen LogP contribution >= 0.6 is 0 Å². The van der Waals surface area contributed by atoms with Gasteiger partial charge in [-0.1, -0.05) is 24.8 Å². The van der Waals surface area contributed by atoms with Gasteiger partial charge in [0, 0.05) is 31.9 Å². The first kappa shape index (κ1) is 11.1. The number of likely N-dealkylation sites (N-methyl/N-ethyl adjacent to an activating group) is 1. The van der Waals surface area contributed by atoms with Crippen molar-refractivity contribution in [2.24, 2.45) is 0 Å². The van der Waals surface area contributed by atoms with Gasteiger partial charge >= 0.3 is 0 Å². The molecule has 14 heavy (non-hydrogen) atoms. The Labute approximate surface area is 87.2 Å². The van der Waals surface area contributed by atoms with Crippen LogP contribution in [0.15, 0.2) is 36.6 Å². The van der Waals surface area contributed by atoms with Gasteiger partial charge in [-0.3, -0.25) is 0 Å². The fourth-order valence-corrected chi connectivity index (χ4v) is 1.48. The zero-order valence-electron chi connectivity index (χ0n) is 9.24. The van der Waals surface area contributed by atoms with E-state index in [1.165, 1.54) is 0 Å². The summed E-state index contributed by atoms with van der Waals surface area (Å²) in [5.41, 5.74) is 1.12. The molecule has 0 atom stereocenters. The third-order valence-corrected chi connectivity index (χ3v) is 2.50. The molecule has 2 nitrogen and oxygen atoms in total. The molecule has 0 amide bonds. The number of nitrogens with zero attached hydrogens (tertiary/aromatic N) is 2. The molecule has 0 spiro atoms. The fourth-order valence-electron chi connectivity index (χ4n) is 1.48. The van der Waals surface area contributed by atoms with Crippen molar-refractivity contribution in [3.8, 4) is 0 Å². The number of piperazine rings is 1. The minimum absolute atomic E-state index is 1.09. The molecule has 0 N–H and O–H groups in total. The van der Waals surface area contributed by atoms with Crippen LogP contribution in [0, 0.1) is 0 Å². The number of hydrogen-bond acceptors (Lipinski definition) is 2. The van der Waals surface area contributed by atoms with Crippen LogP contribution in [0.3, 0.4) is 0 Å². The zero-order chi connectivity index (χ0) is 10.4. The van der Waals surface area contributed by atoms with Crippen LogP contribution in [0.25, 0.3) is 0 Å². The van der Waals surface area contributed by atoms with E-state index in [0.717, 1.165) is 31.9 Å². The van der Waals surface area contributed by atoms with Gasteiger partial charge in [-0.25, -0.2) is 0 Å². The molecule has 1 fully saturated rings. The summed E-state index contributed by atoms with van der Waals surface area (Å²) in [5.74, 6) is 0. The van der Waals surface area contributed by atoms with E-state index in [1.807, 2.05) is 25.2 Å². The lowest BCUT2D eigenvalue weighted by Crippen LogP contribution is -2.43. The molecule has 0 bridgehead atoms. The molecule has 0 unspecified atom stereocenters. The molecule has 1 aliphatic heterocycles. The molecule has 1 saturated heterocycles. The van der Waals surface area contributed by atoms with Crippen LogP contribution < -0.4 is 0 Å². The van der Waals surface area contributed by atoms with E-state index < -0.39 is 0 Å². The standard InChI is InChI=1S/C12H20N2/c1-4-5-6-7-12(2)14-10-8-13(3)9-11-14/h4-7H,2,8-11H2,1,3H3. The van der Waals surface area contributed by atoms with Crippen LogP contribution in [0.4, 0.5) is 0 Å². The lowest BCUT2D eigenvalue weighted by molar-refractivity contribution is 0.190. The maximum atomic E-state index is 4.06. The highest BCUT2D eigenvalue weighted by atomic mass is 15.2. The van der Waals surface area contributed by atoms with E-state index in [2.05, 4.69) is 29.5 Å². The SMILES string of the molecule is C=C(C=CC=CC)N1CCN(C)CC1. The first-order valence-corrected chi connectivity index (χ1v) is 5.16. The van der Waals surface area contributed by atoms with Crippen LogP contribution in [0.5, 0.6) is 0 Å². The Morgan fingerprint density at radius 2 is 1.79 bits per heavy atom. The quantitative estimate of drug-likeness (QED) is 0.630. The van der Waals surface area contributed by atoms with E-state index >= 15 is 0 Å². The molecule has 0 aliphatic carbocycles. The third-order valence-electron chi connectivity index (χ3n) is 2.50. The molecule has 0 aromatic rings. The van der Waals surface area contributed by atoms with Gasteiger partial charge in [-0.15, -0.1) is 0 Å². The zero-order valence-corrected chi connectivity index (χ0v) is 9.24. The van der Waals surface area contributed by atoms with Crippen LogP contribution in [0.1, 0.15) is 6.92 Å². The number of allylic oxidation sites excluding steroid dienone is 4. The molecule has 1 rings (SSSR count). The van der Waals surface area contributed by atoms with Gasteiger partial charge in [0.2, 0.25) is 0 Å². The summed E-state index contributed by atoms with van der Waals surface area (Å²) in [5, 5.41) is 0. The van der Waals surface area contributed by atoms with Crippen molar-refractivity contribution in [3.63, 3.8) is 0 Å². The second-order valence-corrected chi connectivity index (χ2v) is 3.67. The highest BCUT2D eigenvalue weighted by molar-refractivity contribution is 5.18. The van der Waals surface area contributed by atoms with Gasteiger partial charge in [0.05, 0.1) is 0 Å². The van der Waals surface area contributed by atoms with Crippen LogP contribution in [-0.2, 0) is 0 Å². The van der Waals surface area contributed by atoms with Crippen molar-refractivity contribution < 1.29 is 0 Å².